The maximum atomic E-state index is 11.2. The monoisotopic (exact) mass is 389 g/mol. The van der Waals surface area contributed by atoms with Crippen molar-refractivity contribution in [3.05, 3.63) is 58.2 Å². The first kappa shape index (κ1) is 15.8. The minimum absolute atomic E-state index is 0.127. The smallest absolute Gasteiger partial charge is 0.221 e. The first-order valence-electron chi connectivity index (χ1n) is 6.91. The molecule has 3 aromatic rings. The van der Waals surface area contributed by atoms with Crippen LogP contribution in [-0.4, -0.2) is 10.9 Å². The Kier molecular flexibility index (Phi) is 4.50. The summed E-state index contributed by atoms with van der Waals surface area (Å²) in [5.74, 6) is -0.127. The normalized spacial score (nSPS) is 10.6. The lowest BCUT2D eigenvalue weighted by molar-refractivity contribution is -0.114. The number of hydrogen-bond donors (Lipinski definition) is 2. The largest absolute Gasteiger partial charge is 0.354 e. The Morgan fingerprint density at radius 3 is 2.74 bits per heavy atom. The lowest BCUT2D eigenvalue weighted by Crippen LogP contribution is -2.06. The molecule has 116 valence electrons. The minimum Gasteiger partial charge on any atom is -0.354 e. The highest BCUT2D eigenvalue weighted by atomic mass is 79.9. The lowest BCUT2D eigenvalue weighted by Gasteiger charge is -2.13. The fraction of sp³-hybridized carbons (Fsp3) is 0.0588. The van der Waals surface area contributed by atoms with Gasteiger partial charge in [-0.2, -0.15) is 0 Å². The summed E-state index contributed by atoms with van der Waals surface area (Å²) in [6, 6.07) is 13.1. The van der Waals surface area contributed by atoms with Gasteiger partial charge < -0.3 is 10.6 Å². The third-order valence-electron chi connectivity index (χ3n) is 3.26. The number of nitrogens with zero attached hydrogens (tertiary/aromatic N) is 1. The van der Waals surface area contributed by atoms with Crippen LogP contribution in [0, 0.1) is 0 Å². The Morgan fingerprint density at radius 2 is 1.96 bits per heavy atom. The van der Waals surface area contributed by atoms with E-state index in [1.54, 1.807) is 24.4 Å². The zero-order valence-electron chi connectivity index (χ0n) is 12.2. The van der Waals surface area contributed by atoms with Crippen molar-refractivity contribution in [2.75, 3.05) is 10.6 Å². The van der Waals surface area contributed by atoms with Crippen LogP contribution in [-0.2, 0) is 4.79 Å². The number of carbonyl (C=O) groups excluding carboxylic acids is 1. The summed E-state index contributed by atoms with van der Waals surface area (Å²) in [6.45, 7) is 1.47. The second-order valence-corrected chi connectivity index (χ2v) is 6.34. The maximum Gasteiger partial charge on any atom is 0.221 e. The molecule has 1 aromatic heterocycles. The standard InChI is InChI=1S/C17H13BrClN3O/c1-10(23)21-12-3-5-14(19)17(9-12)22-15-6-7-20-16-8-11(18)2-4-13(15)16/h2-9H,1H3,(H,20,22)(H,21,23). The SMILES string of the molecule is CC(=O)Nc1ccc(Cl)c(Nc2ccnc3cc(Br)ccc23)c1. The second kappa shape index (κ2) is 6.56. The molecule has 2 N–H and O–H groups in total. The molecule has 0 aliphatic rings. The molecule has 0 aliphatic heterocycles. The highest BCUT2D eigenvalue weighted by Gasteiger charge is 2.07. The van der Waals surface area contributed by atoms with Crippen molar-refractivity contribution in [3.63, 3.8) is 0 Å². The molecule has 0 atom stereocenters. The number of anilines is 3. The highest BCUT2D eigenvalue weighted by Crippen LogP contribution is 2.32. The molecule has 2 aromatic carbocycles. The number of nitrogens with one attached hydrogen (secondary N) is 2. The first-order valence-corrected chi connectivity index (χ1v) is 8.08. The molecule has 0 unspecified atom stereocenters. The second-order valence-electron chi connectivity index (χ2n) is 5.02. The van der Waals surface area contributed by atoms with Gasteiger partial charge in [0.1, 0.15) is 0 Å². The summed E-state index contributed by atoms with van der Waals surface area (Å²) < 4.78 is 0.973. The fourth-order valence-corrected chi connectivity index (χ4v) is 2.79. The van der Waals surface area contributed by atoms with E-state index in [9.17, 15) is 4.79 Å². The Balaban J connectivity index is 2.00. The summed E-state index contributed by atoms with van der Waals surface area (Å²) in [5.41, 5.74) is 3.17. The molecule has 0 saturated heterocycles. The van der Waals surface area contributed by atoms with Crippen LogP contribution in [0.15, 0.2) is 53.1 Å². The maximum absolute atomic E-state index is 11.2. The minimum atomic E-state index is -0.127. The van der Waals surface area contributed by atoms with Crippen molar-refractivity contribution in [3.8, 4) is 0 Å². The first-order chi connectivity index (χ1) is 11.0. The van der Waals surface area contributed by atoms with Crippen LogP contribution in [0.5, 0.6) is 0 Å². The lowest BCUT2D eigenvalue weighted by atomic mass is 10.1. The van der Waals surface area contributed by atoms with E-state index in [1.165, 1.54) is 6.92 Å². The molecule has 0 fully saturated rings. The molecule has 0 aliphatic carbocycles. The quantitative estimate of drug-likeness (QED) is 0.633. The van der Waals surface area contributed by atoms with Gasteiger partial charge in [0.15, 0.2) is 0 Å². The molecule has 0 radical (unpaired) electrons. The van der Waals surface area contributed by atoms with Gasteiger partial charge in [0.05, 0.1) is 16.2 Å². The highest BCUT2D eigenvalue weighted by molar-refractivity contribution is 9.10. The van der Waals surface area contributed by atoms with Crippen LogP contribution in [0.1, 0.15) is 6.92 Å². The predicted molar refractivity (Wildman–Crippen MR) is 98.5 cm³/mol. The van der Waals surface area contributed by atoms with Gasteiger partial charge in [-0.15, -0.1) is 0 Å². The van der Waals surface area contributed by atoms with Gasteiger partial charge in [-0.05, 0) is 42.5 Å². The number of pyridine rings is 1. The molecule has 1 amide bonds. The zero-order chi connectivity index (χ0) is 16.4. The van der Waals surface area contributed by atoms with Crippen LogP contribution in [0.2, 0.25) is 5.02 Å². The van der Waals surface area contributed by atoms with Crippen LogP contribution >= 0.6 is 27.5 Å². The van der Waals surface area contributed by atoms with Gasteiger partial charge in [0.25, 0.3) is 0 Å². The summed E-state index contributed by atoms with van der Waals surface area (Å²) in [6.07, 6.45) is 1.74. The number of carbonyl (C=O) groups is 1. The number of halogens is 2. The molecule has 0 bridgehead atoms. The van der Waals surface area contributed by atoms with Crippen molar-refractivity contribution < 1.29 is 4.79 Å². The molecule has 0 saturated carbocycles. The van der Waals surface area contributed by atoms with E-state index in [-0.39, 0.29) is 5.91 Å². The van der Waals surface area contributed by atoms with E-state index in [1.807, 2.05) is 24.3 Å². The molecule has 4 nitrogen and oxygen atoms in total. The number of aromatic nitrogens is 1. The predicted octanol–water partition coefficient (Wildman–Crippen LogP) is 5.35. The van der Waals surface area contributed by atoms with E-state index in [2.05, 4.69) is 31.5 Å². The molecular formula is C17H13BrClN3O. The zero-order valence-corrected chi connectivity index (χ0v) is 14.6. The Bertz CT molecular complexity index is 898. The number of benzene rings is 2. The van der Waals surface area contributed by atoms with Gasteiger partial charge in [-0.25, -0.2) is 0 Å². The Labute approximate surface area is 147 Å². The summed E-state index contributed by atoms with van der Waals surface area (Å²) >= 11 is 9.71. The van der Waals surface area contributed by atoms with Crippen LogP contribution in [0.25, 0.3) is 10.9 Å². The van der Waals surface area contributed by atoms with Gasteiger partial charge in [-0.3, -0.25) is 9.78 Å². The van der Waals surface area contributed by atoms with Crippen LogP contribution in [0.3, 0.4) is 0 Å². The van der Waals surface area contributed by atoms with Gasteiger partial charge >= 0.3 is 0 Å². The van der Waals surface area contributed by atoms with Crippen LogP contribution in [0.4, 0.5) is 17.1 Å². The van der Waals surface area contributed by atoms with Gasteiger partial charge in [0, 0.05) is 34.4 Å². The van der Waals surface area contributed by atoms with E-state index in [0.29, 0.717) is 16.4 Å². The van der Waals surface area contributed by atoms with Crippen molar-refractivity contribution in [1.82, 2.24) is 4.98 Å². The molecule has 6 heteroatoms. The van der Waals surface area contributed by atoms with Gasteiger partial charge in [0.2, 0.25) is 5.91 Å². The Hall–Kier alpha value is -2.11. The average molecular weight is 391 g/mol. The van der Waals surface area contributed by atoms with E-state index in [0.717, 1.165) is 21.1 Å². The molecule has 1 heterocycles. The summed E-state index contributed by atoms with van der Waals surface area (Å²) in [5, 5.41) is 7.61. The van der Waals surface area contributed by atoms with Crippen LogP contribution < -0.4 is 10.6 Å². The van der Waals surface area contributed by atoms with E-state index >= 15 is 0 Å². The third kappa shape index (κ3) is 3.63. The number of rotatable bonds is 3. The molecule has 0 spiro atoms. The number of fused-ring (bicyclic) bond motifs is 1. The molecule has 3 rings (SSSR count). The number of hydrogen-bond acceptors (Lipinski definition) is 3. The summed E-state index contributed by atoms with van der Waals surface area (Å²) in [7, 11) is 0. The van der Waals surface area contributed by atoms with Crippen molar-refractivity contribution >= 4 is 61.4 Å². The molecule has 23 heavy (non-hydrogen) atoms. The average Bonchev–Trinajstić information content (AvgIpc) is 2.50. The topological polar surface area (TPSA) is 54.0 Å². The van der Waals surface area contributed by atoms with Crippen molar-refractivity contribution in [2.24, 2.45) is 0 Å². The number of amides is 1. The van der Waals surface area contributed by atoms with E-state index < -0.39 is 0 Å². The summed E-state index contributed by atoms with van der Waals surface area (Å²) in [4.78, 5) is 15.6. The molecular weight excluding hydrogens is 378 g/mol. The van der Waals surface area contributed by atoms with Crippen molar-refractivity contribution in [2.45, 2.75) is 6.92 Å². The third-order valence-corrected chi connectivity index (χ3v) is 4.08. The fourth-order valence-electron chi connectivity index (χ4n) is 2.28. The van der Waals surface area contributed by atoms with Gasteiger partial charge in [-0.1, -0.05) is 27.5 Å². The Morgan fingerprint density at radius 1 is 1.13 bits per heavy atom. The van der Waals surface area contributed by atoms with E-state index in [4.69, 9.17) is 11.6 Å². The van der Waals surface area contributed by atoms with Crippen molar-refractivity contribution in [1.29, 1.82) is 0 Å².